The lowest BCUT2D eigenvalue weighted by Gasteiger charge is -2.58. The first-order chi connectivity index (χ1) is 13.5. The number of rotatable bonds is 3. The van der Waals surface area contributed by atoms with Crippen LogP contribution in [0.5, 0.6) is 0 Å². The summed E-state index contributed by atoms with van der Waals surface area (Å²) < 4.78 is 0. The Morgan fingerprint density at radius 3 is 2.71 bits per heavy atom. The largest absolute Gasteiger partial charge is 0.394 e. The first-order valence-corrected chi connectivity index (χ1v) is 9.53. The van der Waals surface area contributed by atoms with E-state index in [-0.39, 0.29) is 42.6 Å². The number of pyridine rings is 1. The molecule has 7 heteroatoms. The number of anilines is 1. The number of benzene rings is 1. The van der Waals surface area contributed by atoms with Crippen LogP contribution in [-0.4, -0.2) is 58.2 Å². The highest BCUT2D eigenvalue weighted by atomic mass is 16.3. The summed E-state index contributed by atoms with van der Waals surface area (Å²) in [6.07, 6.45) is 3.15. The Hall–Kier alpha value is -2.93. The van der Waals surface area contributed by atoms with E-state index >= 15 is 0 Å². The summed E-state index contributed by atoms with van der Waals surface area (Å²) in [7, 11) is 0. The molecule has 1 fully saturated rings. The van der Waals surface area contributed by atoms with Gasteiger partial charge >= 0.3 is 6.03 Å². The molecule has 2 aliphatic rings. The molecule has 2 N–H and O–H groups in total. The van der Waals surface area contributed by atoms with Gasteiger partial charge in [-0.05, 0) is 37.6 Å². The maximum absolute atomic E-state index is 13.1. The van der Waals surface area contributed by atoms with Crippen molar-refractivity contribution in [1.29, 1.82) is 0 Å². The molecule has 0 bridgehead atoms. The summed E-state index contributed by atoms with van der Waals surface area (Å²) in [6.45, 7) is 4.10. The van der Waals surface area contributed by atoms with Gasteiger partial charge in [-0.25, -0.2) is 4.79 Å². The van der Waals surface area contributed by atoms with E-state index in [4.69, 9.17) is 0 Å². The van der Waals surface area contributed by atoms with Crippen molar-refractivity contribution >= 4 is 17.6 Å². The molecule has 3 amide bonds. The van der Waals surface area contributed by atoms with Gasteiger partial charge in [-0.3, -0.25) is 14.7 Å². The van der Waals surface area contributed by atoms with E-state index < -0.39 is 0 Å². The van der Waals surface area contributed by atoms with Crippen LogP contribution < -0.4 is 10.2 Å². The van der Waals surface area contributed by atoms with Crippen molar-refractivity contribution in [1.82, 2.24) is 15.2 Å². The summed E-state index contributed by atoms with van der Waals surface area (Å²) in [5, 5.41) is 12.9. The van der Waals surface area contributed by atoms with Crippen LogP contribution in [0.4, 0.5) is 10.5 Å². The molecule has 1 aromatic heterocycles. The highest BCUT2D eigenvalue weighted by Crippen LogP contribution is 2.48. The minimum Gasteiger partial charge on any atom is -0.394 e. The second-order valence-electron chi connectivity index (χ2n) is 7.57. The zero-order valence-electron chi connectivity index (χ0n) is 15.9. The molecule has 0 spiro atoms. The van der Waals surface area contributed by atoms with Crippen LogP contribution in [0, 0.1) is 0 Å². The van der Waals surface area contributed by atoms with Gasteiger partial charge in [0.05, 0.1) is 24.3 Å². The fraction of sp³-hybridized carbons (Fsp3) is 0.381. The number of likely N-dealkylation sites (tertiary alicyclic amines) is 1. The van der Waals surface area contributed by atoms with Gasteiger partial charge in [0.2, 0.25) is 0 Å². The first-order valence-electron chi connectivity index (χ1n) is 9.53. The standard InChI is InChI=1S/C21H24N4O3/c1-13(2)23-21(28)24-11-17-19(15-7-3-4-8-16(15)24)18(12-26)25(17)20(27)14-6-5-9-22-10-14/h3-10,13,17-19,26H,11-12H2,1-2H3,(H,23,28)/t17-,18+,19+/m1/s1. The fourth-order valence-corrected chi connectivity index (χ4v) is 4.32. The van der Waals surface area contributed by atoms with Crippen LogP contribution in [0.2, 0.25) is 0 Å². The van der Waals surface area contributed by atoms with Gasteiger partial charge < -0.3 is 15.3 Å². The quantitative estimate of drug-likeness (QED) is 0.853. The summed E-state index contributed by atoms with van der Waals surface area (Å²) in [4.78, 5) is 33.3. The molecule has 0 saturated carbocycles. The predicted octanol–water partition coefficient (Wildman–Crippen LogP) is 1.99. The number of fused-ring (bicyclic) bond motifs is 3. The van der Waals surface area contributed by atoms with E-state index in [9.17, 15) is 14.7 Å². The molecule has 0 unspecified atom stereocenters. The van der Waals surface area contributed by atoms with E-state index in [1.165, 1.54) is 6.20 Å². The van der Waals surface area contributed by atoms with E-state index in [0.29, 0.717) is 12.1 Å². The number of carbonyl (C=O) groups is 2. The number of nitrogens with one attached hydrogen (secondary N) is 1. The highest BCUT2D eigenvalue weighted by Gasteiger charge is 2.55. The lowest BCUT2D eigenvalue weighted by molar-refractivity contribution is -0.0243. The van der Waals surface area contributed by atoms with Crippen molar-refractivity contribution < 1.29 is 14.7 Å². The number of carbonyl (C=O) groups excluding carboxylic acids is 2. The first kappa shape index (κ1) is 18.4. The minimum atomic E-state index is -0.311. The van der Waals surface area contributed by atoms with Gasteiger partial charge in [-0.15, -0.1) is 0 Å². The Morgan fingerprint density at radius 2 is 2.04 bits per heavy atom. The molecule has 146 valence electrons. The number of aliphatic hydroxyl groups is 1. The van der Waals surface area contributed by atoms with E-state index in [1.54, 1.807) is 28.1 Å². The van der Waals surface area contributed by atoms with Gasteiger partial charge in [0.15, 0.2) is 0 Å². The molecule has 4 rings (SSSR count). The fourth-order valence-electron chi connectivity index (χ4n) is 4.32. The molecule has 3 atom stereocenters. The number of urea groups is 1. The third-order valence-electron chi connectivity index (χ3n) is 5.49. The molecule has 2 aromatic rings. The van der Waals surface area contributed by atoms with Crippen molar-refractivity contribution in [2.75, 3.05) is 18.1 Å². The van der Waals surface area contributed by atoms with Gasteiger partial charge in [0.25, 0.3) is 5.91 Å². The molecule has 1 aromatic carbocycles. The SMILES string of the molecule is CC(C)NC(=O)N1C[C@@H]2[C@H](c3ccccc31)[C@H](CO)N2C(=O)c1cccnc1. The van der Waals surface area contributed by atoms with Crippen LogP contribution in [0.3, 0.4) is 0 Å². The lowest BCUT2D eigenvalue weighted by atomic mass is 9.71. The molecular formula is C21H24N4O3. The highest BCUT2D eigenvalue weighted by molar-refractivity contribution is 5.97. The number of nitrogens with zero attached hydrogens (tertiary/aromatic N) is 3. The summed E-state index contributed by atoms with van der Waals surface area (Å²) >= 11 is 0. The van der Waals surface area contributed by atoms with Crippen molar-refractivity contribution in [2.45, 2.75) is 37.9 Å². The lowest BCUT2D eigenvalue weighted by Crippen LogP contribution is -2.71. The minimum absolute atomic E-state index is 0.00456. The summed E-state index contributed by atoms with van der Waals surface area (Å²) in [5.74, 6) is -0.165. The molecule has 28 heavy (non-hydrogen) atoms. The van der Waals surface area contributed by atoms with Crippen molar-refractivity contribution in [2.24, 2.45) is 0 Å². The van der Waals surface area contributed by atoms with E-state index in [2.05, 4.69) is 10.3 Å². The van der Waals surface area contributed by atoms with E-state index in [0.717, 1.165) is 11.3 Å². The van der Waals surface area contributed by atoms with Crippen LogP contribution in [0.15, 0.2) is 48.8 Å². The predicted molar refractivity (Wildman–Crippen MR) is 105 cm³/mol. The number of para-hydroxylation sites is 1. The molecular weight excluding hydrogens is 356 g/mol. The van der Waals surface area contributed by atoms with Crippen molar-refractivity contribution in [3.05, 3.63) is 59.9 Å². The van der Waals surface area contributed by atoms with Crippen LogP contribution in [-0.2, 0) is 0 Å². The molecule has 2 aliphatic heterocycles. The molecule has 1 saturated heterocycles. The Kier molecular flexibility index (Phi) is 4.77. The summed E-state index contributed by atoms with van der Waals surface area (Å²) in [6, 6.07) is 10.5. The van der Waals surface area contributed by atoms with Crippen LogP contribution in [0.25, 0.3) is 0 Å². The Balaban J connectivity index is 1.69. The number of aliphatic hydroxyl groups excluding tert-OH is 1. The maximum Gasteiger partial charge on any atom is 0.322 e. The smallest absolute Gasteiger partial charge is 0.322 e. The summed E-state index contributed by atoms with van der Waals surface area (Å²) in [5.41, 5.74) is 2.32. The molecule has 0 radical (unpaired) electrons. The number of amides is 3. The van der Waals surface area contributed by atoms with Gasteiger partial charge in [0, 0.05) is 36.6 Å². The third-order valence-corrected chi connectivity index (χ3v) is 5.49. The van der Waals surface area contributed by atoms with Gasteiger partial charge in [-0.2, -0.15) is 0 Å². The Bertz CT molecular complexity index is 886. The zero-order chi connectivity index (χ0) is 19.8. The number of hydrogen-bond acceptors (Lipinski definition) is 4. The number of aromatic nitrogens is 1. The maximum atomic E-state index is 13.1. The topological polar surface area (TPSA) is 85.8 Å². The monoisotopic (exact) mass is 380 g/mol. The molecule has 7 nitrogen and oxygen atoms in total. The normalized spacial score (nSPS) is 22.9. The van der Waals surface area contributed by atoms with Gasteiger partial charge in [-0.1, -0.05) is 18.2 Å². The average molecular weight is 380 g/mol. The Morgan fingerprint density at radius 1 is 1.25 bits per heavy atom. The second-order valence-corrected chi connectivity index (χ2v) is 7.57. The molecule has 3 heterocycles. The average Bonchev–Trinajstić information content (AvgIpc) is 2.68. The Labute approximate surface area is 164 Å². The van der Waals surface area contributed by atoms with E-state index in [1.807, 2.05) is 38.1 Å². The van der Waals surface area contributed by atoms with Gasteiger partial charge in [0.1, 0.15) is 0 Å². The third kappa shape index (κ3) is 2.92. The van der Waals surface area contributed by atoms with Crippen molar-refractivity contribution in [3.63, 3.8) is 0 Å². The molecule has 0 aliphatic carbocycles. The van der Waals surface area contributed by atoms with Crippen molar-refractivity contribution in [3.8, 4) is 0 Å². The second kappa shape index (κ2) is 7.24. The van der Waals surface area contributed by atoms with Crippen LogP contribution >= 0.6 is 0 Å². The number of hydrogen-bond donors (Lipinski definition) is 2. The zero-order valence-corrected chi connectivity index (χ0v) is 15.9. The van der Waals surface area contributed by atoms with Crippen LogP contribution in [0.1, 0.15) is 35.7 Å².